The van der Waals surface area contributed by atoms with Crippen molar-refractivity contribution in [2.75, 3.05) is 5.32 Å². The van der Waals surface area contributed by atoms with Crippen molar-refractivity contribution in [2.45, 2.75) is 6.61 Å². The Hall–Kier alpha value is -1.14. The third kappa shape index (κ3) is 3.98. The summed E-state index contributed by atoms with van der Waals surface area (Å²) in [5.74, 6) is -0.752. The lowest BCUT2D eigenvalue weighted by Crippen LogP contribution is -2.11. The van der Waals surface area contributed by atoms with E-state index >= 15 is 0 Å². The number of hydrogen-bond acceptors (Lipinski definition) is 2. The molecule has 92 valence electrons. The predicted molar refractivity (Wildman–Crippen MR) is 64.6 cm³/mol. The van der Waals surface area contributed by atoms with Crippen LogP contribution in [0.15, 0.2) is 29.3 Å². The number of rotatable bonds is 4. The second-order valence-corrected chi connectivity index (χ2v) is 4.13. The SMILES string of the molecule is C=CC(=O)Nc1cc(Cl)cc(Br)c1OC(F)F. The molecular formula is C10H7BrClF2NO2. The van der Waals surface area contributed by atoms with Crippen molar-refractivity contribution in [2.24, 2.45) is 0 Å². The molecule has 0 fully saturated rings. The molecule has 0 aliphatic heterocycles. The topological polar surface area (TPSA) is 38.3 Å². The first-order valence-electron chi connectivity index (χ1n) is 4.31. The number of carbonyl (C=O) groups excluding carboxylic acids is 1. The molecule has 0 bridgehead atoms. The van der Waals surface area contributed by atoms with Gasteiger partial charge in [0.1, 0.15) is 0 Å². The molecule has 0 atom stereocenters. The number of carbonyl (C=O) groups is 1. The lowest BCUT2D eigenvalue weighted by atomic mass is 10.3. The maximum absolute atomic E-state index is 12.2. The molecule has 0 aromatic heterocycles. The standard InChI is InChI=1S/C10H7BrClF2NO2/c1-2-8(16)15-7-4-5(12)3-6(11)9(7)17-10(13)14/h2-4,10H,1H2,(H,15,16). The summed E-state index contributed by atoms with van der Waals surface area (Å²) in [6, 6.07) is 2.67. The Morgan fingerprint density at radius 1 is 1.59 bits per heavy atom. The summed E-state index contributed by atoms with van der Waals surface area (Å²) in [5.41, 5.74) is 0.0366. The fourth-order valence-electron chi connectivity index (χ4n) is 1.05. The summed E-state index contributed by atoms with van der Waals surface area (Å²) in [6.07, 6.45) is 1.00. The largest absolute Gasteiger partial charge is 0.431 e. The Morgan fingerprint density at radius 2 is 2.24 bits per heavy atom. The zero-order chi connectivity index (χ0) is 13.0. The lowest BCUT2D eigenvalue weighted by molar-refractivity contribution is -0.112. The van der Waals surface area contributed by atoms with Gasteiger partial charge in [-0.2, -0.15) is 8.78 Å². The number of alkyl halides is 2. The van der Waals surface area contributed by atoms with Crippen LogP contribution in [0.1, 0.15) is 0 Å². The Labute approximate surface area is 110 Å². The molecule has 3 nitrogen and oxygen atoms in total. The van der Waals surface area contributed by atoms with Crippen LogP contribution in [0.3, 0.4) is 0 Å². The van der Waals surface area contributed by atoms with Gasteiger partial charge in [-0.05, 0) is 34.1 Å². The average molecular weight is 327 g/mol. The van der Waals surface area contributed by atoms with E-state index < -0.39 is 12.5 Å². The Kier molecular flexibility index (Phi) is 4.89. The molecule has 7 heteroatoms. The molecule has 0 heterocycles. The monoisotopic (exact) mass is 325 g/mol. The summed E-state index contributed by atoms with van der Waals surface area (Å²) in [4.78, 5) is 11.1. The first kappa shape index (κ1) is 13.9. The second kappa shape index (κ2) is 5.97. The molecule has 0 saturated carbocycles. The van der Waals surface area contributed by atoms with E-state index in [2.05, 4.69) is 32.6 Å². The summed E-state index contributed by atoms with van der Waals surface area (Å²) in [5, 5.41) is 2.58. The molecule has 0 aliphatic rings. The molecule has 1 rings (SSSR count). The normalized spacial score (nSPS) is 10.2. The number of halogens is 4. The first-order chi connectivity index (χ1) is 7.93. The van der Waals surface area contributed by atoms with Gasteiger partial charge in [-0.1, -0.05) is 18.2 Å². The quantitative estimate of drug-likeness (QED) is 0.854. The van der Waals surface area contributed by atoms with Crippen molar-refractivity contribution in [1.82, 2.24) is 0 Å². The van der Waals surface area contributed by atoms with Crippen LogP contribution in [0.2, 0.25) is 5.02 Å². The van der Waals surface area contributed by atoms with Crippen LogP contribution in [-0.4, -0.2) is 12.5 Å². The zero-order valence-electron chi connectivity index (χ0n) is 8.34. The van der Waals surface area contributed by atoms with Crippen molar-refractivity contribution >= 4 is 39.1 Å². The molecule has 1 aromatic rings. The number of hydrogen-bond donors (Lipinski definition) is 1. The molecule has 0 saturated heterocycles. The molecule has 1 aromatic carbocycles. The van der Waals surface area contributed by atoms with Gasteiger partial charge in [0, 0.05) is 5.02 Å². The van der Waals surface area contributed by atoms with Crippen LogP contribution in [0.5, 0.6) is 5.75 Å². The van der Waals surface area contributed by atoms with Crippen molar-refractivity contribution in [3.05, 3.63) is 34.3 Å². The molecule has 0 aliphatic carbocycles. The van der Waals surface area contributed by atoms with Gasteiger partial charge in [-0.15, -0.1) is 0 Å². The van der Waals surface area contributed by atoms with Gasteiger partial charge < -0.3 is 10.1 Å². The summed E-state index contributed by atoms with van der Waals surface area (Å²) in [7, 11) is 0. The molecule has 1 N–H and O–H groups in total. The van der Waals surface area contributed by atoms with Crippen LogP contribution in [0, 0.1) is 0 Å². The van der Waals surface area contributed by atoms with E-state index in [4.69, 9.17) is 11.6 Å². The molecule has 1 amide bonds. The predicted octanol–water partition coefficient (Wildman–Crippen LogP) is 3.83. The highest BCUT2D eigenvalue weighted by atomic mass is 79.9. The fourth-order valence-corrected chi connectivity index (χ4v) is 1.95. The van der Waals surface area contributed by atoms with E-state index in [9.17, 15) is 13.6 Å². The number of amides is 1. The van der Waals surface area contributed by atoms with E-state index in [0.29, 0.717) is 0 Å². The van der Waals surface area contributed by atoms with Crippen LogP contribution in [0.25, 0.3) is 0 Å². The Morgan fingerprint density at radius 3 is 2.76 bits per heavy atom. The van der Waals surface area contributed by atoms with Crippen molar-refractivity contribution in [1.29, 1.82) is 0 Å². The minimum atomic E-state index is -3.01. The van der Waals surface area contributed by atoms with E-state index in [1.807, 2.05) is 0 Å². The highest BCUT2D eigenvalue weighted by molar-refractivity contribution is 9.10. The van der Waals surface area contributed by atoms with Gasteiger partial charge in [-0.3, -0.25) is 4.79 Å². The summed E-state index contributed by atoms with van der Waals surface area (Å²) < 4.78 is 28.9. The third-order valence-electron chi connectivity index (χ3n) is 1.66. The highest BCUT2D eigenvalue weighted by Crippen LogP contribution is 2.37. The van der Waals surface area contributed by atoms with Crippen LogP contribution in [-0.2, 0) is 4.79 Å². The average Bonchev–Trinajstić information content (AvgIpc) is 2.22. The molecule has 0 spiro atoms. The number of anilines is 1. The molecule has 0 unspecified atom stereocenters. The van der Waals surface area contributed by atoms with E-state index in [-0.39, 0.29) is 20.9 Å². The smallest absolute Gasteiger partial charge is 0.387 e. The number of benzene rings is 1. The minimum absolute atomic E-state index is 0.0366. The van der Waals surface area contributed by atoms with Crippen molar-refractivity contribution < 1.29 is 18.3 Å². The molecule has 0 radical (unpaired) electrons. The zero-order valence-corrected chi connectivity index (χ0v) is 10.7. The van der Waals surface area contributed by atoms with Crippen LogP contribution in [0.4, 0.5) is 14.5 Å². The number of ether oxygens (including phenoxy) is 1. The van der Waals surface area contributed by atoms with E-state index in [0.717, 1.165) is 6.08 Å². The van der Waals surface area contributed by atoms with Crippen LogP contribution < -0.4 is 10.1 Å². The van der Waals surface area contributed by atoms with Gasteiger partial charge >= 0.3 is 6.61 Å². The van der Waals surface area contributed by atoms with Gasteiger partial charge in [-0.25, -0.2) is 0 Å². The summed E-state index contributed by atoms with van der Waals surface area (Å²) >= 11 is 8.75. The van der Waals surface area contributed by atoms with Gasteiger partial charge in [0.25, 0.3) is 0 Å². The summed E-state index contributed by atoms with van der Waals surface area (Å²) in [6.45, 7) is 0.239. The third-order valence-corrected chi connectivity index (χ3v) is 2.47. The van der Waals surface area contributed by atoms with Gasteiger partial charge in [0.05, 0.1) is 10.2 Å². The van der Waals surface area contributed by atoms with E-state index in [1.165, 1.54) is 12.1 Å². The van der Waals surface area contributed by atoms with Crippen LogP contribution >= 0.6 is 27.5 Å². The van der Waals surface area contributed by atoms with E-state index in [1.54, 1.807) is 0 Å². The second-order valence-electron chi connectivity index (χ2n) is 2.84. The van der Waals surface area contributed by atoms with Gasteiger partial charge in [0.15, 0.2) is 5.75 Å². The fraction of sp³-hybridized carbons (Fsp3) is 0.100. The minimum Gasteiger partial charge on any atom is -0.431 e. The van der Waals surface area contributed by atoms with Crippen molar-refractivity contribution in [3.63, 3.8) is 0 Å². The van der Waals surface area contributed by atoms with Gasteiger partial charge in [0.2, 0.25) is 5.91 Å². The first-order valence-corrected chi connectivity index (χ1v) is 5.48. The number of nitrogens with one attached hydrogen (secondary N) is 1. The Balaban J connectivity index is 3.14. The van der Waals surface area contributed by atoms with Crippen molar-refractivity contribution in [3.8, 4) is 5.75 Å². The lowest BCUT2D eigenvalue weighted by Gasteiger charge is -2.13. The molecular weight excluding hydrogens is 319 g/mol. The maximum Gasteiger partial charge on any atom is 0.387 e. The molecule has 17 heavy (non-hydrogen) atoms. The Bertz CT molecular complexity index is 454. The maximum atomic E-state index is 12.2. The highest BCUT2D eigenvalue weighted by Gasteiger charge is 2.15.